The van der Waals surface area contributed by atoms with Crippen LogP contribution in [0.4, 0.5) is 5.69 Å². The number of nitrogens with zero attached hydrogens (tertiary/aromatic N) is 1. The number of carbonyl (C=O) groups is 1. The Morgan fingerprint density at radius 2 is 1.79 bits per heavy atom. The van der Waals surface area contributed by atoms with Gasteiger partial charge >= 0.3 is 0 Å². The van der Waals surface area contributed by atoms with Crippen molar-refractivity contribution in [1.29, 1.82) is 0 Å². The SMILES string of the molecule is CCN(CC)C(CNC(=O)c1cc(N)ccc1C)CC(C)C.Cl.Cl. The maximum absolute atomic E-state index is 12.4. The summed E-state index contributed by atoms with van der Waals surface area (Å²) in [6, 6.07) is 5.84. The Bertz CT molecular complexity index is 491. The molecule has 1 amide bonds. The molecule has 0 aliphatic rings. The quantitative estimate of drug-likeness (QED) is 0.675. The van der Waals surface area contributed by atoms with Crippen LogP contribution < -0.4 is 11.1 Å². The van der Waals surface area contributed by atoms with Gasteiger partial charge in [-0.15, -0.1) is 24.8 Å². The molecule has 1 unspecified atom stereocenters. The second-order valence-corrected chi connectivity index (χ2v) is 6.29. The lowest BCUT2D eigenvalue weighted by molar-refractivity contribution is 0.0928. The Balaban J connectivity index is 0. The number of rotatable bonds is 8. The van der Waals surface area contributed by atoms with Crippen LogP contribution in [-0.2, 0) is 0 Å². The summed E-state index contributed by atoms with van der Waals surface area (Å²) in [6.45, 7) is 13.4. The monoisotopic (exact) mass is 377 g/mol. The van der Waals surface area contributed by atoms with Crippen LogP contribution in [0.5, 0.6) is 0 Å². The van der Waals surface area contributed by atoms with Crippen LogP contribution in [0.3, 0.4) is 0 Å². The minimum atomic E-state index is -0.0364. The van der Waals surface area contributed by atoms with Gasteiger partial charge in [0.05, 0.1) is 0 Å². The first-order chi connectivity index (χ1) is 10.4. The summed E-state index contributed by atoms with van der Waals surface area (Å²) in [5, 5.41) is 3.09. The molecule has 24 heavy (non-hydrogen) atoms. The molecular weight excluding hydrogens is 345 g/mol. The van der Waals surface area contributed by atoms with Crippen LogP contribution in [0, 0.1) is 12.8 Å². The average molecular weight is 378 g/mol. The van der Waals surface area contributed by atoms with Gasteiger partial charge in [-0.3, -0.25) is 9.69 Å². The van der Waals surface area contributed by atoms with Gasteiger partial charge in [-0.2, -0.15) is 0 Å². The molecule has 0 aromatic heterocycles. The van der Waals surface area contributed by atoms with Crippen LogP contribution in [0.15, 0.2) is 18.2 Å². The Kier molecular flexibility index (Phi) is 13.1. The van der Waals surface area contributed by atoms with Crippen molar-refractivity contribution in [2.45, 2.75) is 47.1 Å². The van der Waals surface area contributed by atoms with E-state index in [9.17, 15) is 4.79 Å². The maximum Gasteiger partial charge on any atom is 0.251 e. The lowest BCUT2D eigenvalue weighted by Gasteiger charge is -2.31. The van der Waals surface area contributed by atoms with E-state index in [2.05, 4.69) is 37.9 Å². The number of hydrogen-bond donors (Lipinski definition) is 2. The van der Waals surface area contributed by atoms with Crippen molar-refractivity contribution in [3.8, 4) is 0 Å². The summed E-state index contributed by atoms with van der Waals surface area (Å²) in [5.41, 5.74) is 8.04. The van der Waals surface area contributed by atoms with Crippen molar-refractivity contribution in [2.75, 3.05) is 25.4 Å². The number of amides is 1. The van der Waals surface area contributed by atoms with Gasteiger partial charge in [0, 0.05) is 23.8 Å². The number of nitrogens with one attached hydrogen (secondary N) is 1. The fourth-order valence-corrected chi connectivity index (χ4v) is 2.84. The van der Waals surface area contributed by atoms with E-state index < -0.39 is 0 Å². The first-order valence-electron chi connectivity index (χ1n) is 8.27. The minimum absolute atomic E-state index is 0. The van der Waals surface area contributed by atoms with Crippen LogP contribution in [0.1, 0.15) is 50.0 Å². The minimum Gasteiger partial charge on any atom is -0.399 e. The van der Waals surface area contributed by atoms with Crippen molar-refractivity contribution in [3.05, 3.63) is 29.3 Å². The molecular formula is C18H33Cl2N3O. The predicted octanol–water partition coefficient (Wildman–Crippen LogP) is 3.91. The topological polar surface area (TPSA) is 58.4 Å². The lowest BCUT2D eigenvalue weighted by atomic mass is 10.0. The highest BCUT2D eigenvalue weighted by Crippen LogP contribution is 2.14. The average Bonchev–Trinajstić information content (AvgIpc) is 2.47. The summed E-state index contributed by atoms with van der Waals surface area (Å²) >= 11 is 0. The first-order valence-corrected chi connectivity index (χ1v) is 8.27. The zero-order valence-corrected chi connectivity index (χ0v) is 17.1. The zero-order valence-electron chi connectivity index (χ0n) is 15.5. The Morgan fingerprint density at radius 3 is 2.29 bits per heavy atom. The van der Waals surface area contributed by atoms with E-state index in [1.165, 1.54) is 0 Å². The molecule has 0 bridgehead atoms. The number of benzene rings is 1. The largest absolute Gasteiger partial charge is 0.399 e. The summed E-state index contributed by atoms with van der Waals surface area (Å²) in [7, 11) is 0. The molecule has 0 aliphatic carbocycles. The summed E-state index contributed by atoms with van der Waals surface area (Å²) in [4.78, 5) is 14.8. The molecule has 6 heteroatoms. The van der Waals surface area contributed by atoms with E-state index in [1.807, 2.05) is 19.1 Å². The highest BCUT2D eigenvalue weighted by Gasteiger charge is 2.19. The fourth-order valence-electron chi connectivity index (χ4n) is 2.84. The van der Waals surface area contributed by atoms with Gasteiger partial charge in [-0.25, -0.2) is 0 Å². The molecule has 0 aliphatic heterocycles. The van der Waals surface area contributed by atoms with Crippen molar-refractivity contribution in [2.24, 2.45) is 5.92 Å². The van der Waals surface area contributed by atoms with E-state index >= 15 is 0 Å². The number of carbonyl (C=O) groups excluding carboxylic acids is 1. The zero-order chi connectivity index (χ0) is 16.7. The number of likely N-dealkylation sites (N-methyl/N-ethyl adjacent to an activating group) is 1. The Morgan fingerprint density at radius 1 is 1.21 bits per heavy atom. The molecule has 0 fully saturated rings. The van der Waals surface area contributed by atoms with Crippen LogP contribution in [0.25, 0.3) is 0 Å². The highest BCUT2D eigenvalue weighted by molar-refractivity contribution is 5.96. The van der Waals surface area contributed by atoms with E-state index in [-0.39, 0.29) is 30.7 Å². The molecule has 0 saturated heterocycles. The normalized spacial score (nSPS) is 11.6. The second-order valence-electron chi connectivity index (χ2n) is 6.29. The molecule has 1 atom stereocenters. The molecule has 0 saturated carbocycles. The van der Waals surface area contributed by atoms with Crippen LogP contribution >= 0.6 is 24.8 Å². The van der Waals surface area contributed by atoms with Crippen LogP contribution in [0.2, 0.25) is 0 Å². The molecule has 1 aromatic carbocycles. The van der Waals surface area contributed by atoms with Gasteiger partial charge in [0.25, 0.3) is 5.91 Å². The summed E-state index contributed by atoms with van der Waals surface area (Å²) in [5.74, 6) is 0.572. The number of aryl methyl sites for hydroxylation is 1. The Hall–Kier alpha value is -0.970. The van der Waals surface area contributed by atoms with Crippen molar-refractivity contribution in [1.82, 2.24) is 10.2 Å². The third kappa shape index (κ3) is 7.73. The van der Waals surface area contributed by atoms with Crippen molar-refractivity contribution in [3.63, 3.8) is 0 Å². The second kappa shape index (κ2) is 12.4. The van der Waals surface area contributed by atoms with Gasteiger partial charge < -0.3 is 11.1 Å². The van der Waals surface area contributed by atoms with Crippen molar-refractivity contribution < 1.29 is 4.79 Å². The highest BCUT2D eigenvalue weighted by atomic mass is 35.5. The van der Waals surface area contributed by atoms with Crippen LogP contribution in [-0.4, -0.2) is 36.5 Å². The summed E-state index contributed by atoms with van der Waals surface area (Å²) in [6.07, 6.45) is 1.08. The van der Waals surface area contributed by atoms with Gasteiger partial charge in [0.2, 0.25) is 0 Å². The fraction of sp³-hybridized carbons (Fsp3) is 0.611. The lowest BCUT2D eigenvalue weighted by Crippen LogP contribution is -2.44. The molecule has 140 valence electrons. The number of anilines is 1. The van der Waals surface area contributed by atoms with E-state index in [0.717, 1.165) is 25.1 Å². The molecule has 3 N–H and O–H groups in total. The van der Waals surface area contributed by atoms with Gasteiger partial charge in [0.15, 0.2) is 0 Å². The standard InChI is InChI=1S/C18H31N3O.2ClH/c1-6-21(7-2)16(10-13(3)4)12-20-18(22)17-11-15(19)9-8-14(17)5;;/h8-9,11,13,16H,6-7,10,12,19H2,1-5H3,(H,20,22);2*1H. The van der Waals surface area contributed by atoms with Gasteiger partial charge in [0.1, 0.15) is 0 Å². The molecule has 4 nitrogen and oxygen atoms in total. The van der Waals surface area contributed by atoms with E-state index in [0.29, 0.717) is 29.8 Å². The number of hydrogen-bond acceptors (Lipinski definition) is 3. The first kappa shape index (κ1) is 25.3. The molecule has 1 rings (SSSR count). The van der Waals surface area contributed by atoms with Gasteiger partial charge in [-0.05, 0) is 50.0 Å². The third-order valence-electron chi connectivity index (χ3n) is 4.08. The third-order valence-corrected chi connectivity index (χ3v) is 4.08. The number of nitrogens with two attached hydrogens (primary N) is 1. The van der Waals surface area contributed by atoms with E-state index in [1.54, 1.807) is 6.07 Å². The maximum atomic E-state index is 12.4. The molecule has 0 spiro atoms. The summed E-state index contributed by atoms with van der Waals surface area (Å²) < 4.78 is 0. The van der Waals surface area contributed by atoms with Crippen molar-refractivity contribution >= 4 is 36.4 Å². The molecule has 1 aromatic rings. The molecule has 0 radical (unpaired) electrons. The number of nitrogen functional groups attached to an aromatic ring is 1. The molecule has 0 heterocycles. The number of halogens is 2. The van der Waals surface area contributed by atoms with E-state index in [4.69, 9.17) is 5.73 Å². The Labute approximate surface area is 159 Å². The predicted molar refractivity (Wildman–Crippen MR) is 109 cm³/mol. The smallest absolute Gasteiger partial charge is 0.251 e. The van der Waals surface area contributed by atoms with Gasteiger partial charge in [-0.1, -0.05) is 33.8 Å².